The van der Waals surface area contributed by atoms with E-state index in [2.05, 4.69) is 31.2 Å². The number of anilines is 1. The molecule has 6 heteroatoms. The standard InChI is InChI=1S/C13H17BrN4O/c1-5-15-13-16-8(4)9-6-10(14)12(19)18(7(2)3)11(9)17-13/h6-7H,5H2,1-4H3,(H,15,16,17). The van der Waals surface area contributed by atoms with Crippen molar-refractivity contribution in [2.75, 3.05) is 11.9 Å². The molecule has 0 aliphatic rings. The first-order chi connectivity index (χ1) is 8.95. The summed E-state index contributed by atoms with van der Waals surface area (Å²) in [5, 5.41) is 3.98. The zero-order valence-corrected chi connectivity index (χ0v) is 13.1. The molecule has 19 heavy (non-hydrogen) atoms. The normalized spacial score (nSPS) is 11.3. The third-order valence-corrected chi connectivity index (χ3v) is 3.46. The number of aryl methyl sites for hydroxylation is 1. The van der Waals surface area contributed by atoms with E-state index in [4.69, 9.17) is 0 Å². The van der Waals surface area contributed by atoms with E-state index in [1.165, 1.54) is 0 Å². The van der Waals surface area contributed by atoms with Crippen LogP contribution in [0.3, 0.4) is 0 Å². The number of nitrogens with one attached hydrogen (secondary N) is 1. The Balaban J connectivity index is 2.88. The van der Waals surface area contributed by atoms with E-state index in [1.807, 2.05) is 27.7 Å². The number of hydrogen-bond acceptors (Lipinski definition) is 4. The molecule has 0 bridgehead atoms. The van der Waals surface area contributed by atoms with E-state index in [-0.39, 0.29) is 11.6 Å². The first-order valence-corrected chi connectivity index (χ1v) is 7.08. The van der Waals surface area contributed by atoms with Crippen molar-refractivity contribution in [1.82, 2.24) is 14.5 Å². The van der Waals surface area contributed by atoms with Crippen LogP contribution in [-0.4, -0.2) is 21.1 Å². The summed E-state index contributed by atoms with van der Waals surface area (Å²) in [5.41, 5.74) is 1.46. The van der Waals surface area contributed by atoms with Gasteiger partial charge in [-0.3, -0.25) is 9.36 Å². The van der Waals surface area contributed by atoms with E-state index < -0.39 is 0 Å². The molecule has 102 valence electrons. The second-order valence-corrected chi connectivity index (χ2v) is 5.52. The van der Waals surface area contributed by atoms with Crippen molar-refractivity contribution in [1.29, 1.82) is 0 Å². The highest BCUT2D eigenvalue weighted by Crippen LogP contribution is 2.21. The maximum absolute atomic E-state index is 12.2. The van der Waals surface area contributed by atoms with Gasteiger partial charge in [-0.15, -0.1) is 0 Å². The lowest BCUT2D eigenvalue weighted by Crippen LogP contribution is -2.24. The Bertz CT molecular complexity index is 678. The molecule has 0 amide bonds. The Morgan fingerprint density at radius 1 is 1.42 bits per heavy atom. The van der Waals surface area contributed by atoms with Crippen LogP contribution in [0.15, 0.2) is 15.3 Å². The van der Waals surface area contributed by atoms with Crippen LogP contribution in [-0.2, 0) is 0 Å². The van der Waals surface area contributed by atoms with Gasteiger partial charge in [0.05, 0.1) is 10.2 Å². The van der Waals surface area contributed by atoms with Crippen molar-refractivity contribution < 1.29 is 0 Å². The molecule has 0 fully saturated rings. The van der Waals surface area contributed by atoms with Gasteiger partial charge in [0.25, 0.3) is 5.56 Å². The molecule has 2 aromatic heterocycles. The lowest BCUT2D eigenvalue weighted by atomic mass is 10.2. The Hall–Kier alpha value is -1.43. The molecule has 2 heterocycles. The Morgan fingerprint density at radius 2 is 2.11 bits per heavy atom. The van der Waals surface area contributed by atoms with Crippen LogP contribution in [0, 0.1) is 6.92 Å². The van der Waals surface area contributed by atoms with Gasteiger partial charge in [0, 0.05) is 18.0 Å². The predicted molar refractivity (Wildman–Crippen MR) is 80.8 cm³/mol. The maximum atomic E-state index is 12.2. The topological polar surface area (TPSA) is 59.8 Å². The Kier molecular flexibility index (Phi) is 3.89. The van der Waals surface area contributed by atoms with Crippen molar-refractivity contribution in [3.05, 3.63) is 26.6 Å². The van der Waals surface area contributed by atoms with Gasteiger partial charge >= 0.3 is 0 Å². The molecule has 2 aromatic rings. The van der Waals surface area contributed by atoms with Crippen LogP contribution in [0.5, 0.6) is 0 Å². The summed E-state index contributed by atoms with van der Waals surface area (Å²) in [5.74, 6) is 0.559. The summed E-state index contributed by atoms with van der Waals surface area (Å²) in [6, 6.07) is 1.83. The molecule has 0 saturated heterocycles. The highest BCUT2D eigenvalue weighted by Gasteiger charge is 2.14. The fraction of sp³-hybridized carbons (Fsp3) is 0.462. The highest BCUT2D eigenvalue weighted by atomic mass is 79.9. The van der Waals surface area contributed by atoms with Gasteiger partial charge in [-0.2, -0.15) is 4.98 Å². The van der Waals surface area contributed by atoms with Gasteiger partial charge in [0.1, 0.15) is 5.65 Å². The molecule has 5 nitrogen and oxygen atoms in total. The summed E-state index contributed by atoms with van der Waals surface area (Å²) in [6.45, 7) is 8.59. The smallest absolute Gasteiger partial charge is 0.266 e. The summed E-state index contributed by atoms with van der Waals surface area (Å²) in [6.07, 6.45) is 0. The lowest BCUT2D eigenvalue weighted by molar-refractivity contribution is 0.593. The molecule has 0 unspecified atom stereocenters. The number of fused-ring (bicyclic) bond motifs is 1. The zero-order chi connectivity index (χ0) is 14.2. The van der Waals surface area contributed by atoms with E-state index in [0.717, 1.165) is 17.6 Å². The minimum Gasteiger partial charge on any atom is -0.354 e. The van der Waals surface area contributed by atoms with Crippen LogP contribution < -0.4 is 10.9 Å². The third-order valence-electron chi connectivity index (χ3n) is 2.89. The van der Waals surface area contributed by atoms with Crippen LogP contribution in [0.1, 0.15) is 32.5 Å². The SMILES string of the molecule is CCNc1nc(C)c2cc(Br)c(=O)n(C(C)C)c2n1. The average Bonchev–Trinajstić information content (AvgIpc) is 2.32. The number of aromatic nitrogens is 3. The molecule has 2 rings (SSSR count). The molecule has 0 aromatic carbocycles. The number of halogens is 1. The monoisotopic (exact) mass is 324 g/mol. The summed E-state index contributed by atoms with van der Waals surface area (Å²) in [4.78, 5) is 21.1. The fourth-order valence-electron chi connectivity index (χ4n) is 2.04. The molecule has 0 aliphatic heterocycles. The summed E-state index contributed by atoms with van der Waals surface area (Å²) in [7, 11) is 0. The van der Waals surface area contributed by atoms with Crippen LogP contribution in [0.25, 0.3) is 11.0 Å². The summed E-state index contributed by atoms with van der Waals surface area (Å²) < 4.78 is 2.23. The largest absolute Gasteiger partial charge is 0.354 e. The summed E-state index contributed by atoms with van der Waals surface area (Å²) >= 11 is 3.31. The van der Waals surface area contributed by atoms with Crippen LogP contribution >= 0.6 is 15.9 Å². The fourth-order valence-corrected chi connectivity index (χ4v) is 2.45. The molecular weight excluding hydrogens is 308 g/mol. The van der Waals surface area contributed by atoms with Crippen molar-refractivity contribution in [3.63, 3.8) is 0 Å². The van der Waals surface area contributed by atoms with Crippen LogP contribution in [0.4, 0.5) is 5.95 Å². The quantitative estimate of drug-likeness (QED) is 0.943. The second kappa shape index (κ2) is 5.28. The van der Waals surface area contributed by atoms with Crippen LogP contribution in [0.2, 0.25) is 0 Å². The predicted octanol–water partition coefficient (Wildman–Crippen LogP) is 2.88. The Labute approximate surface area is 120 Å². The van der Waals surface area contributed by atoms with E-state index in [1.54, 1.807) is 10.6 Å². The van der Waals surface area contributed by atoms with Gasteiger partial charge in [-0.05, 0) is 49.7 Å². The maximum Gasteiger partial charge on any atom is 0.266 e. The number of pyridine rings is 1. The minimum atomic E-state index is -0.0666. The average molecular weight is 325 g/mol. The van der Waals surface area contributed by atoms with Crippen molar-refractivity contribution >= 4 is 32.9 Å². The molecule has 1 N–H and O–H groups in total. The zero-order valence-electron chi connectivity index (χ0n) is 11.5. The molecular formula is C13H17BrN4O. The first kappa shape index (κ1) is 14.0. The van der Waals surface area contributed by atoms with E-state index in [9.17, 15) is 4.79 Å². The minimum absolute atomic E-state index is 0.0382. The second-order valence-electron chi connectivity index (χ2n) is 4.66. The van der Waals surface area contributed by atoms with Gasteiger partial charge in [-0.1, -0.05) is 0 Å². The lowest BCUT2D eigenvalue weighted by Gasteiger charge is -2.15. The molecule has 0 saturated carbocycles. The first-order valence-electron chi connectivity index (χ1n) is 6.29. The molecule has 0 atom stereocenters. The molecule has 0 spiro atoms. The number of nitrogens with zero attached hydrogens (tertiary/aromatic N) is 3. The third kappa shape index (κ3) is 2.49. The van der Waals surface area contributed by atoms with E-state index in [0.29, 0.717) is 16.1 Å². The van der Waals surface area contributed by atoms with Crippen molar-refractivity contribution in [2.45, 2.75) is 33.7 Å². The van der Waals surface area contributed by atoms with Gasteiger partial charge in [0.15, 0.2) is 0 Å². The van der Waals surface area contributed by atoms with Gasteiger partial charge in [0.2, 0.25) is 5.95 Å². The van der Waals surface area contributed by atoms with Gasteiger partial charge < -0.3 is 5.32 Å². The van der Waals surface area contributed by atoms with Gasteiger partial charge in [-0.25, -0.2) is 4.98 Å². The number of hydrogen-bond donors (Lipinski definition) is 1. The molecule has 0 radical (unpaired) electrons. The number of rotatable bonds is 3. The van der Waals surface area contributed by atoms with Crippen molar-refractivity contribution in [2.24, 2.45) is 0 Å². The van der Waals surface area contributed by atoms with Crippen molar-refractivity contribution in [3.8, 4) is 0 Å². The van der Waals surface area contributed by atoms with E-state index >= 15 is 0 Å². The highest BCUT2D eigenvalue weighted by molar-refractivity contribution is 9.10. The Morgan fingerprint density at radius 3 is 2.68 bits per heavy atom. The molecule has 0 aliphatic carbocycles.